The van der Waals surface area contributed by atoms with Gasteiger partial charge in [-0.3, -0.25) is 0 Å². The molecule has 3 aromatic carbocycles. The Labute approximate surface area is 158 Å². The molecule has 0 fully saturated rings. The van der Waals surface area contributed by atoms with Gasteiger partial charge in [0.1, 0.15) is 0 Å². The van der Waals surface area contributed by atoms with Gasteiger partial charge in [0.15, 0.2) is 0 Å². The summed E-state index contributed by atoms with van der Waals surface area (Å²) < 4.78 is 0. The van der Waals surface area contributed by atoms with Crippen molar-refractivity contribution in [1.82, 2.24) is 0 Å². The van der Waals surface area contributed by atoms with Gasteiger partial charge >= 0.3 is 0 Å². The normalized spacial score (nSPS) is 10.8. The van der Waals surface area contributed by atoms with Crippen LogP contribution in [0.1, 0.15) is 50.7 Å². The molecule has 0 aromatic heterocycles. The van der Waals surface area contributed by atoms with Gasteiger partial charge in [-0.1, -0.05) is 99.5 Å². The summed E-state index contributed by atoms with van der Waals surface area (Å²) in [7, 11) is 0. The first-order valence-corrected chi connectivity index (χ1v) is 10.1. The zero-order valence-corrected chi connectivity index (χ0v) is 16.2. The van der Waals surface area contributed by atoms with Gasteiger partial charge in [-0.2, -0.15) is 0 Å². The number of unbranched alkanes of at least 4 members (excludes halogenated alkanes) is 2. The van der Waals surface area contributed by atoms with E-state index in [1.165, 1.54) is 71.9 Å². The molecule has 0 saturated carbocycles. The second-order valence-corrected chi connectivity index (χ2v) is 7.10. The SMILES string of the molecule is CCCCc1cccc(CCCC)c1-c1ccc(-c2ccccc2)cc1. The summed E-state index contributed by atoms with van der Waals surface area (Å²) in [5, 5.41) is 0. The number of hydrogen-bond acceptors (Lipinski definition) is 0. The minimum Gasteiger partial charge on any atom is -0.0654 e. The van der Waals surface area contributed by atoms with Gasteiger partial charge in [-0.05, 0) is 59.1 Å². The van der Waals surface area contributed by atoms with E-state index < -0.39 is 0 Å². The minimum absolute atomic E-state index is 1.17. The van der Waals surface area contributed by atoms with E-state index in [2.05, 4.69) is 86.6 Å². The average Bonchev–Trinajstić information content (AvgIpc) is 2.71. The van der Waals surface area contributed by atoms with Gasteiger partial charge < -0.3 is 0 Å². The molecule has 0 atom stereocenters. The lowest BCUT2D eigenvalue weighted by atomic mass is 9.89. The number of benzene rings is 3. The minimum atomic E-state index is 1.17. The second-order valence-electron chi connectivity index (χ2n) is 7.10. The average molecular weight is 343 g/mol. The van der Waals surface area contributed by atoms with Gasteiger partial charge in [-0.15, -0.1) is 0 Å². The third-order valence-electron chi connectivity index (χ3n) is 5.12. The van der Waals surface area contributed by atoms with Crippen molar-refractivity contribution in [3.05, 3.63) is 83.9 Å². The van der Waals surface area contributed by atoms with E-state index in [9.17, 15) is 0 Å². The number of aryl methyl sites for hydroxylation is 2. The van der Waals surface area contributed by atoms with Crippen molar-refractivity contribution in [2.45, 2.75) is 52.4 Å². The summed E-state index contributed by atoms with van der Waals surface area (Å²) in [4.78, 5) is 0. The van der Waals surface area contributed by atoms with E-state index in [1.54, 1.807) is 0 Å². The zero-order chi connectivity index (χ0) is 18.2. The van der Waals surface area contributed by atoms with Crippen LogP contribution in [-0.2, 0) is 12.8 Å². The maximum atomic E-state index is 2.32. The summed E-state index contributed by atoms with van der Waals surface area (Å²) in [6.07, 6.45) is 7.34. The first-order valence-electron chi connectivity index (χ1n) is 10.1. The first-order chi connectivity index (χ1) is 12.8. The molecule has 0 heterocycles. The van der Waals surface area contributed by atoms with Crippen molar-refractivity contribution in [1.29, 1.82) is 0 Å². The third-order valence-corrected chi connectivity index (χ3v) is 5.12. The van der Waals surface area contributed by atoms with Crippen LogP contribution in [0.3, 0.4) is 0 Å². The maximum Gasteiger partial charge on any atom is -0.0120 e. The second kappa shape index (κ2) is 9.38. The summed E-state index contributed by atoms with van der Waals surface area (Å²) in [6.45, 7) is 4.55. The molecule has 0 aliphatic heterocycles. The lowest BCUT2D eigenvalue weighted by molar-refractivity contribution is 0.782. The molecule has 0 amide bonds. The number of hydrogen-bond donors (Lipinski definition) is 0. The Kier molecular flexibility index (Phi) is 6.66. The largest absolute Gasteiger partial charge is 0.0654 e. The summed E-state index contributed by atoms with van der Waals surface area (Å²) in [5.74, 6) is 0. The monoisotopic (exact) mass is 342 g/mol. The van der Waals surface area contributed by atoms with E-state index in [-0.39, 0.29) is 0 Å². The van der Waals surface area contributed by atoms with Crippen LogP contribution in [0.15, 0.2) is 72.8 Å². The Morgan fingerprint density at radius 3 is 1.54 bits per heavy atom. The Hall–Kier alpha value is -2.34. The molecule has 0 bridgehead atoms. The highest BCUT2D eigenvalue weighted by Crippen LogP contribution is 2.32. The maximum absolute atomic E-state index is 2.32. The van der Waals surface area contributed by atoms with Crippen LogP contribution in [0.2, 0.25) is 0 Å². The standard InChI is InChI=1S/C26H30/c1-3-5-11-23-15-10-16-24(12-6-4-2)26(23)25-19-17-22(18-20-25)21-13-8-7-9-14-21/h7-10,13-20H,3-6,11-12H2,1-2H3. The van der Waals surface area contributed by atoms with Crippen LogP contribution >= 0.6 is 0 Å². The highest BCUT2D eigenvalue weighted by atomic mass is 14.2. The molecule has 3 aromatic rings. The van der Waals surface area contributed by atoms with Crippen LogP contribution in [0.5, 0.6) is 0 Å². The lowest BCUT2D eigenvalue weighted by Crippen LogP contribution is -1.97. The van der Waals surface area contributed by atoms with Gasteiger partial charge in [0.05, 0.1) is 0 Å². The number of rotatable bonds is 8. The molecule has 0 heteroatoms. The molecule has 26 heavy (non-hydrogen) atoms. The highest BCUT2D eigenvalue weighted by Gasteiger charge is 2.11. The Bertz CT molecular complexity index is 771. The molecule has 0 aliphatic carbocycles. The summed E-state index contributed by atoms with van der Waals surface area (Å²) in [6, 6.07) is 26.7. The fourth-order valence-electron chi connectivity index (χ4n) is 3.64. The summed E-state index contributed by atoms with van der Waals surface area (Å²) in [5.41, 5.74) is 8.43. The van der Waals surface area contributed by atoms with Crippen molar-refractivity contribution >= 4 is 0 Å². The van der Waals surface area contributed by atoms with Crippen LogP contribution in [-0.4, -0.2) is 0 Å². The Morgan fingerprint density at radius 1 is 0.500 bits per heavy atom. The molecule has 3 rings (SSSR count). The predicted molar refractivity (Wildman–Crippen MR) is 115 cm³/mol. The molecule has 0 N–H and O–H groups in total. The van der Waals surface area contributed by atoms with Gasteiger partial charge in [0.2, 0.25) is 0 Å². The van der Waals surface area contributed by atoms with Crippen molar-refractivity contribution in [3.8, 4) is 22.3 Å². The van der Waals surface area contributed by atoms with Crippen LogP contribution in [0.25, 0.3) is 22.3 Å². The zero-order valence-electron chi connectivity index (χ0n) is 16.2. The molecular formula is C26H30. The van der Waals surface area contributed by atoms with Gasteiger partial charge in [0, 0.05) is 0 Å². The summed E-state index contributed by atoms with van der Waals surface area (Å²) >= 11 is 0. The molecule has 0 radical (unpaired) electrons. The molecule has 134 valence electrons. The molecular weight excluding hydrogens is 312 g/mol. The smallest absolute Gasteiger partial charge is 0.0120 e. The van der Waals surface area contributed by atoms with Crippen molar-refractivity contribution < 1.29 is 0 Å². The highest BCUT2D eigenvalue weighted by molar-refractivity contribution is 5.74. The first kappa shape index (κ1) is 18.5. The fraction of sp³-hybridized carbons (Fsp3) is 0.308. The third kappa shape index (κ3) is 4.43. The molecule has 0 nitrogen and oxygen atoms in total. The fourth-order valence-corrected chi connectivity index (χ4v) is 3.64. The van der Waals surface area contributed by atoms with Gasteiger partial charge in [-0.25, -0.2) is 0 Å². The van der Waals surface area contributed by atoms with E-state index in [4.69, 9.17) is 0 Å². The van der Waals surface area contributed by atoms with Gasteiger partial charge in [0.25, 0.3) is 0 Å². The van der Waals surface area contributed by atoms with Crippen LogP contribution in [0.4, 0.5) is 0 Å². The Balaban J connectivity index is 1.98. The molecule has 0 aliphatic rings. The van der Waals surface area contributed by atoms with Crippen molar-refractivity contribution in [2.75, 3.05) is 0 Å². The quantitative estimate of drug-likeness (QED) is 0.393. The van der Waals surface area contributed by atoms with E-state index in [0.29, 0.717) is 0 Å². The Morgan fingerprint density at radius 2 is 1.00 bits per heavy atom. The molecule has 0 unspecified atom stereocenters. The topological polar surface area (TPSA) is 0 Å². The van der Waals surface area contributed by atoms with Crippen molar-refractivity contribution in [3.63, 3.8) is 0 Å². The lowest BCUT2D eigenvalue weighted by Gasteiger charge is -2.16. The molecule has 0 spiro atoms. The predicted octanol–water partition coefficient (Wildman–Crippen LogP) is 7.71. The molecule has 0 saturated heterocycles. The van der Waals surface area contributed by atoms with E-state index in [0.717, 1.165) is 0 Å². The van der Waals surface area contributed by atoms with Crippen LogP contribution in [0, 0.1) is 0 Å². The van der Waals surface area contributed by atoms with Crippen molar-refractivity contribution in [2.24, 2.45) is 0 Å². The van der Waals surface area contributed by atoms with E-state index >= 15 is 0 Å². The van der Waals surface area contributed by atoms with E-state index in [1.807, 2.05) is 0 Å². The van der Waals surface area contributed by atoms with Crippen LogP contribution < -0.4 is 0 Å².